The lowest BCUT2D eigenvalue weighted by atomic mass is 10.5. The molecule has 0 rings (SSSR count). The highest BCUT2D eigenvalue weighted by Crippen LogP contribution is 2.18. The molecule has 0 aliphatic heterocycles. The Hall–Kier alpha value is 0.757. The first kappa shape index (κ1) is 7.76. The van der Waals surface area contributed by atoms with Crippen molar-refractivity contribution in [2.75, 3.05) is 6.61 Å². The van der Waals surface area contributed by atoms with Crippen LogP contribution in [0.3, 0.4) is 0 Å². The molecule has 0 aromatic carbocycles. The maximum Gasteiger partial charge on any atom is 0.146 e. The zero-order valence-corrected chi connectivity index (χ0v) is 7.88. The first-order chi connectivity index (χ1) is 3.06. The molecule has 44 valence electrons. The van der Waals surface area contributed by atoms with Crippen LogP contribution in [0.15, 0.2) is 0 Å². The molecule has 4 heteroatoms. The highest BCUT2D eigenvalue weighted by molar-refractivity contribution is 6.48. The van der Waals surface area contributed by atoms with Crippen molar-refractivity contribution in [3.05, 3.63) is 0 Å². The summed E-state index contributed by atoms with van der Waals surface area (Å²) >= 11 is 11.0. The average molecular weight is 159 g/mol. The lowest BCUT2D eigenvalue weighted by Gasteiger charge is -2.09. The minimum atomic E-state index is -0.693. The van der Waals surface area contributed by atoms with Gasteiger partial charge in [0.1, 0.15) is 14.8 Å². The molecule has 0 saturated heterocycles. The Labute approximate surface area is 56.5 Å². The van der Waals surface area contributed by atoms with Crippen molar-refractivity contribution in [1.82, 2.24) is 0 Å². The molecule has 0 bridgehead atoms. The Morgan fingerprint density at radius 3 is 2.14 bits per heavy atom. The van der Waals surface area contributed by atoms with E-state index in [2.05, 4.69) is 0 Å². The van der Waals surface area contributed by atoms with Gasteiger partial charge < -0.3 is 4.43 Å². The van der Waals surface area contributed by atoms with E-state index in [1.807, 2.05) is 0 Å². The predicted octanol–water partition coefficient (Wildman–Crippen LogP) is 0.477. The molecule has 0 aromatic rings. The molecule has 1 nitrogen and oxygen atoms in total. The van der Waals surface area contributed by atoms with E-state index in [1.165, 1.54) is 0 Å². The van der Waals surface area contributed by atoms with E-state index >= 15 is 0 Å². The topological polar surface area (TPSA) is 9.23 Å². The average Bonchev–Trinajstić information content (AvgIpc) is 1.30. The van der Waals surface area contributed by atoms with Crippen LogP contribution in [0, 0.1) is 0 Å². The van der Waals surface area contributed by atoms with Gasteiger partial charge >= 0.3 is 0 Å². The minimum Gasteiger partial charge on any atom is -0.425 e. The SMILES string of the molecule is CC(Cl)(Cl)CO[SiH3]. The zero-order chi connectivity index (χ0) is 5.91. The van der Waals surface area contributed by atoms with Gasteiger partial charge in [0, 0.05) is 0 Å². The van der Waals surface area contributed by atoms with E-state index in [1.54, 1.807) is 6.92 Å². The molecule has 0 N–H and O–H groups in total. The first-order valence-corrected chi connectivity index (χ1v) is 3.50. The van der Waals surface area contributed by atoms with Crippen LogP contribution < -0.4 is 0 Å². The molecule has 0 saturated carbocycles. The van der Waals surface area contributed by atoms with Gasteiger partial charge in [0.15, 0.2) is 0 Å². The van der Waals surface area contributed by atoms with Crippen molar-refractivity contribution < 1.29 is 4.43 Å². The normalized spacial score (nSPS) is 12.4. The summed E-state index contributed by atoms with van der Waals surface area (Å²) in [5.41, 5.74) is 0. The summed E-state index contributed by atoms with van der Waals surface area (Å²) < 4.78 is 4.09. The first-order valence-electron chi connectivity index (χ1n) is 1.93. The Bertz CT molecular complexity index is 51.4. The number of rotatable bonds is 2. The van der Waals surface area contributed by atoms with Crippen LogP contribution in [0.1, 0.15) is 6.92 Å². The van der Waals surface area contributed by atoms with Gasteiger partial charge in [0.2, 0.25) is 0 Å². The Morgan fingerprint density at radius 1 is 1.71 bits per heavy atom. The van der Waals surface area contributed by atoms with Crippen molar-refractivity contribution >= 4 is 33.7 Å². The largest absolute Gasteiger partial charge is 0.425 e. The van der Waals surface area contributed by atoms with Crippen LogP contribution in [0.5, 0.6) is 0 Å². The molecule has 0 unspecified atom stereocenters. The summed E-state index contributed by atoms with van der Waals surface area (Å²) in [6, 6.07) is 0. The minimum absolute atomic E-state index is 0.433. The number of alkyl halides is 2. The zero-order valence-electron chi connectivity index (χ0n) is 4.37. The quantitative estimate of drug-likeness (QED) is 0.420. The Morgan fingerprint density at radius 2 is 2.14 bits per heavy atom. The van der Waals surface area contributed by atoms with Gasteiger partial charge in [0.25, 0.3) is 0 Å². The predicted molar refractivity (Wildman–Crippen MR) is 36.0 cm³/mol. The molecule has 0 fully saturated rings. The molecular formula is C3H8Cl2OSi. The van der Waals surface area contributed by atoms with Gasteiger partial charge in [-0.15, -0.1) is 0 Å². The van der Waals surface area contributed by atoms with Crippen LogP contribution in [0.4, 0.5) is 0 Å². The van der Waals surface area contributed by atoms with Crippen LogP contribution in [0.2, 0.25) is 0 Å². The summed E-state index contributed by atoms with van der Waals surface area (Å²) in [7, 11) is 0.701. The van der Waals surface area contributed by atoms with Crippen LogP contribution >= 0.6 is 23.2 Å². The molecule has 0 aliphatic carbocycles. The van der Waals surface area contributed by atoms with E-state index in [0.29, 0.717) is 17.1 Å². The summed E-state index contributed by atoms with van der Waals surface area (Å²) in [5, 5.41) is 0. The molecule has 0 heterocycles. The smallest absolute Gasteiger partial charge is 0.146 e. The molecule has 0 radical (unpaired) electrons. The van der Waals surface area contributed by atoms with Crippen molar-refractivity contribution in [3.8, 4) is 0 Å². The van der Waals surface area contributed by atoms with Crippen LogP contribution in [-0.2, 0) is 4.43 Å². The third-order valence-electron chi connectivity index (χ3n) is 0.398. The maximum atomic E-state index is 5.50. The van der Waals surface area contributed by atoms with E-state index in [-0.39, 0.29) is 0 Å². The van der Waals surface area contributed by atoms with Crippen molar-refractivity contribution in [2.45, 2.75) is 11.3 Å². The molecule has 7 heavy (non-hydrogen) atoms. The maximum absolute atomic E-state index is 5.50. The number of halogens is 2. The Kier molecular flexibility index (Phi) is 3.24. The standard InChI is InChI=1S/C3H8Cl2OSi/c1-3(4,5)2-6-7/h2H2,1,7H3. The molecule has 0 aromatic heterocycles. The second-order valence-electron chi connectivity index (χ2n) is 1.50. The second-order valence-corrected chi connectivity index (χ2v) is 3.94. The fourth-order valence-corrected chi connectivity index (χ4v) is 1.41. The van der Waals surface area contributed by atoms with E-state index < -0.39 is 4.33 Å². The van der Waals surface area contributed by atoms with Gasteiger partial charge in [-0.05, 0) is 6.92 Å². The monoisotopic (exact) mass is 158 g/mol. The molecule has 0 aliphatic rings. The highest BCUT2D eigenvalue weighted by Gasteiger charge is 2.13. The van der Waals surface area contributed by atoms with E-state index in [4.69, 9.17) is 27.6 Å². The summed E-state index contributed by atoms with van der Waals surface area (Å²) in [6.45, 7) is 2.14. The lowest BCUT2D eigenvalue weighted by Crippen LogP contribution is -2.14. The Balaban J connectivity index is 3.15. The molecule has 0 atom stereocenters. The van der Waals surface area contributed by atoms with Crippen LogP contribution in [-0.4, -0.2) is 21.4 Å². The van der Waals surface area contributed by atoms with Gasteiger partial charge in [-0.25, -0.2) is 0 Å². The van der Waals surface area contributed by atoms with Gasteiger partial charge in [-0.2, -0.15) is 0 Å². The fraction of sp³-hybridized carbons (Fsp3) is 1.00. The molecule has 0 amide bonds. The van der Waals surface area contributed by atoms with E-state index in [9.17, 15) is 0 Å². The van der Waals surface area contributed by atoms with Crippen molar-refractivity contribution in [2.24, 2.45) is 0 Å². The lowest BCUT2D eigenvalue weighted by molar-refractivity contribution is 0.338. The fourth-order valence-electron chi connectivity index (χ4n) is 0.253. The van der Waals surface area contributed by atoms with Gasteiger partial charge in [0.05, 0.1) is 6.61 Å². The second kappa shape index (κ2) is 2.92. The number of hydrogen-bond acceptors (Lipinski definition) is 1. The third-order valence-corrected chi connectivity index (χ3v) is 0.905. The van der Waals surface area contributed by atoms with E-state index in [0.717, 1.165) is 0 Å². The van der Waals surface area contributed by atoms with Gasteiger partial charge in [-0.3, -0.25) is 0 Å². The van der Waals surface area contributed by atoms with Crippen molar-refractivity contribution in [1.29, 1.82) is 0 Å². The summed E-state index contributed by atoms with van der Waals surface area (Å²) in [5.74, 6) is 0. The molecule has 0 spiro atoms. The third kappa shape index (κ3) is 6.76. The highest BCUT2D eigenvalue weighted by atomic mass is 35.5. The molecular weight excluding hydrogens is 151 g/mol. The number of hydrogen-bond donors (Lipinski definition) is 0. The van der Waals surface area contributed by atoms with Crippen LogP contribution in [0.25, 0.3) is 0 Å². The summed E-state index contributed by atoms with van der Waals surface area (Å²) in [4.78, 5) is 0. The van der Waals surface area contributed by atoms with Gasteiger partial charge in [-0.1, -0.05) is 23.2 Å². The summed E-state index contributed by atoms with van der Waals surface area (Å²) in [6.07, 6.45) is 0. The van der Waals surface area contributed by atoms with Crippen molar-refractivity contribution in [3.63, 3.8) is 0 Å².